The summed E-state index contributed by atoms with van der Waals surface area (Å²) in [5.41, 5.74) is 0. The molecule has 0 saturated heterocycles. The van der Waals surface area contributed by atoms with Gasteiger partial charge >= 0.3 is 5.97 Å². The van der Waals surface area contributed by atoms with Gasteiger partial charge < -0.3 is 4.74 Å². The van der Waals surface area contributed by atoms with Crippen molar-refractivity contribution in [2.75, 3.05) is 13.3 Å². The molecule has 0 bridgehead atoms. The van der Waals surface area contributed by atoms with E-state index in [0.29, 0.717) is 6.61 Å². The fraction of sp³-hybridized carbons (Fsp3) is 0.824. The summed E-state index contributed by atoms with van der Waals surface area (Å²) in [6.07, 6.45) is 15.2. The van der Waals surface area contributed by atoms with Crippen LogP contribution in [0.2, 0.25) is 0 Å². The number of ether oxygens (including phenoxy) is 1. The Labute approximate surface area is 123 Å². The third-order valence-electron chi connectivity index (χ3n) is 3.44. The molecule has 3 heteroatoms. The molecule has 0 saturated carbocycles. The van der Waals surface area contributed by atoms with Gasteiger partial charge in [0.2, 0.25) is 0 Å². The Kier molecular flexibility index (Phi) is 15.5. The number of unbranched alkanes of at least 4 members (excludes halogenated alkanes) is 11. The van der Waals surface area contributed by atoms with Crippen LogP contribution in [-0.2, 0) is 9.53 Å². The summed E-state index contributed by atoms with van der Waals surface area (Å²) >= 11 is 0. The Morgan fingerprint density at radius 1 is 0.800 bits per heavy atom. The molecule has 0 atom stereocenters. The van der Waals surface area contributed by atoms with Gasteiger partial charge in [-0.1, -0.05) is 70.8 Å². The topological polar surface area (TPSA) is 26.3 Å². The molecule has 0 rings (SSSR count). The van der Waals surface area contributed by atoms with E-state index >= 15 is 0 Å². The van der Waals surface area contributed by atoms with Crippen molar-refractivity contribution in [3.63, 3.8) is 0 Å². The number of esters is 1. The predicted octanol–water partition coefficient (Wildman–Crippen LogP) is 5.37. The van der Waals surface area contributed by atoms with Gasteiger partial charge in [0.15, 0.2) is 0 Å². The molecule has 0 aromatic rings. The highest BCUT2D eigenvalue weighted by atomic mass is 19.1. The van der Waals surface area contributed by atoms with Crippen molar-refractivity contribution >= 4 is 5.97 Å². The van der Waals surface area contributed by atoms with Crippen molar-refractivity contribution in [2.45, 2.75) is 77.0 Å². The van der Waals surface area contributed by atoms with E-state index in [9.17, 15) is 9.18 Å². The zero-order valence-corrected chi connectivity index (χ0v) is 12.9. The molecular formula is C17H31FO2. The van der Waals surface area contributed by atoms with E-state index in [0.717, 1.165) is 25.7 Å². The molecule has 0 fully saturated rings. The number of hydrogen-bond acceptors (Lipinski definition) is 2. The van der Waals surface area contributed by atoms with Crippen LogP contribution in [0, 0.1) is 0 Å². The average Bonchev–Trinajstić information content (AvgIpc) is 2.47. The highest BCUT2D eigenvalue weighted by molar-refractivity contribution is 5.81. The molecule has 0 aromatic heterocycles. The summed E-state index contributed by atoms with van der Waals surface area (Å²) in [6, 6.07) is 0. The van der Waals surface area contributed by atoms with Crippen LogP contribution in [0.4, 0.5) is 4.39 Å². The van der Waals surface area contributed by atoms with E-state index in [4.69, 9.17) is 4.74 Å². The molecule has 0 aliphatic carbocycles. The molecule has 0 unspecified atom stereocenters. The van der Waals surface area contributed by atoms with Gasteiger partial charge in [-0.2, -0.15) is 0 Å². The zero-order chi connectivity index (χ0) is 14.9. The van der Waals surface area contributed by atoms with E-state index in [2.05, 4.69) is 6.58 Å². The highest BCUT2D eigenvalue weighted by Gasteiger charge is 1.96. The molecule has 118 valence electrons. The standard InChI is InChI=1S/C17H31FO2/c1-2-17(19)20-16-14-12-10-8-6-4-3-5-7-9-11-13-15-18/h2H,1,3-16H2. The molecule has 0 aromatic carbocycles. The largest absolute Gasteiger partial charge is 0.463 e. The second-order valence-electron chi connectivity index (χ2n) is 5.30. The summed E-state index contributed by atoms with van der Waals surface area (Å²) in [4.78, 5) is 10.8. The number of alkyl halides is 1. The van der Waals surface area contributed by atoms with Crippen LogP contribution in [0.5, 0.6) is 0 Å². The second-order valence-corrected chi connectivity index (χ2v) is 5.30. The smallest absolute Gasteiger partial charge is 0.330 e. The maximum atomic E-state index is 11.8. The minimum Gasteiger partial charge on any atom is -0.463 e. The number of halogens is 1. The number of carbonyl (C=O) groups is 1. The molecule has 2 nitrogen and oxygen atoms in total. The zero-order valence-electron chi connectivity index (χ0n) is 12.9. The van der Waals surface area contributed by atoms with Crippen LogP contribution in [0.25, 0.3) is 0 Å². The lowest BCUT2D eigenvalue weighted by atomic mass is 10.1. The van der Waals surface area contributed by atoms with Crippen LogP contribution >= 0.6 is 0 Å². The molecule has 20 heavy (non-hydrogen) atoms. The number of hydrogen-bond donors (Lipinski definition) is 0. The minimum atomic E-state index is -0.323. The van der Waals surface area contributed by atoms with E-state index in [1.54, 1.807) is 0 Å². The van der Waals surface area contributed by atoms with Gasteiger partial charge in [-0.25, -0.2) is 4.79 Å². The Morgan fingerprint density at radius 2 is 1.20 bits per heavy atom. The molecule has 0 radical (unpaired) electrons. The van der Waals surface area contributed by atoms with Gasteiger partial charge in [0.1, 0.15) is 0 Å². The van der Waals surface area contributed by atoms with Crippen LogP contribution < -0.4 is 0 Å². The lowest BCUT2D eigenvalue weighted by Gasteiger charge is -2.03. The molecule has 0 spiro atoms. The van der Waals surface area contributed by atoms with E-state index in [-0.39, 0.29) is 12.6 Å². The first kappa shape index (κ1) is 19.1. The maximum absolute atomic E-state index is 11.8. The first-order valence-electron chi connectivity index (χ1n) is 8.16. The Hall–Kier alpha value is -0.860. The minimum absolute atomic E-state index is 0.160. The Morgan fingerprint density at radius 3 is 1.60 bits per heavy atom. The van der Waals surface area contributed by atoms with E-state index in [1.165, 1.54) is 57.4 Å². The summed E-state index contributed by atoms with van der Waals surface area (Å²) in [5, 5.41) is 0. The summed E-state index contributed by atoms with van der Waals surface area (Å²) in [6.45, 7) is 3.71. The van der Waals surface area contributed by atoms with Gasteiger partial charge in [-0.05, 0) is 12.8 Å². The van der Waals surface area contributed by atoms with Crippen LogP contribution in [0.3, 0.4) is 0 Å². The van der Waals surface area contributed by atoms with Crippen molar-refractivity contribution in [3.8, 4) is 0 Å². The van der Waals surface area contributed by atoms with Crippen molar-refractivity contribution in [2.24, 2.45) is 0 Å². The first-order valence-corrected chi connectivity index (χ1v) is 8.16. The van der Waals surface area contributed by atoms with Crippen molar-refractivity contribution in [1.82, 2.24) is 0 Å². The van der Waals surface area contributed by atoms with E-state index < -0.39 is 0 Å². The summed E-state index contributed by atoms with van der Waals surface area (Å²) in [5.74, 6) is -0.323. The monoisotopic (exact) mass is 286 g/mol. The SMILES string of the molecule is C=CC(=O)OCCCCCCCCCCCCCCF. The normalized spacial score (nSPS) is 10.4. The Bertz CT molecular complexity index is 229. The first-order chi connectivity index (χ1) is 9.81. The molecule has 0 amide bonds. The summed E-state index contributed by atoms with van der Waals surface area (Å²) < 4.78 is 16.8. The van der Waals surface area contributed by atoms with Crippen LogP contribution in [0.1, 0.15) is 77.0 Å². The molecule has 0 aliphatic heterocycles. The number of rotatable bonds is 15. The molecule has 0 heterocycles. The fourth-order valence-corrected chi connectivity index (χ4v) is 2.20. The van der Waals surface area contributed by atoms with Crippen molar-refractivity contribution in [1.29, 1.82) is 0 Å². The van der Waals surface area contributed by atoms with Gasteiger partial charge in [-0.3, -0.25) is 4.39 Å². The van der Waals surface area contributed by atoms with Crippen molar-refractivity contribution in [3.05, 3.63) is 12.7 Å². The molecular weight excluding hydrogens is 255 g/mol. The van der Waals surface area contributed by atoms with Gasteiger partial charge in [0.05, 0.1) is 13.3 Å². The van der Waals surface area contributed by atoms with Gasteiger partial charge in [0, 0.05) is 6.08 Å². The molecule has 0 aliphatic rings. The maximum Gasteiger partial charge on any atom is 0.330 e. The van der Waals surface area contributed by atoms with E-state index in [1.807, 2.05) is 0 Å². The average molecular weight is 286 g/mol. The Balaban J connectivity index is 2.99. The lowest BCUT2D eigenvalue weighted by molar-refractivity contribution is -0.137. The van der Waals surface area contributed by atoms with Gasteiger partial charge in [0.25, 0.3) is 0 Å². The fourth-order valence-electron chi connectivity index (χ4n) is 2.20. The summed E-state index contributed by atoms with van der Waals surface area (Å²) in [7, 11) is 0. The highest BCUT2D eigenvalue weighted by Crippen LogP contribution is 2.12. The van der Waals surface area contributed by atoms with Crippen molar-refractivity contribution < 1.29 is 13.9 Å². The predicted molar refractivity (Wildman–Crippen MR) is 82.5 cm³/mol. The van der Waals surface area contributed by atoms with Gasteiger partial charge in [-0.15, -0.1) is 0 Å². The molecule has 0 N–H and O–H groups in total. The lowest BCUT2D eigenvalue weighted by Crippen LogP contribution is -2.01. The third-order valence-corrected chi connectivity index (χ3v) is 3.44. The quantitative estimate of drug-likeness (QED) is 0.230. The number of carbonyl (C=O) groups excluding carboxylic acids is 1. The second kappa shape index (κ2) is 16.2. The van der Waals surface area contributed by atoms with Crippen LogP contribution in [-0.4, -0.2) is 19.3 Å². The van der Waals surface area contributed by atoms with Crippen LogP contribution in [0.15, 0.2) is 12.7 Å². The third kappa shape index (κ3) is 15.2.